The van der Waals surface area contributed by atoms with Crippen molar-refractivity contribution >= 4 is 11.9 Å². The maximum absolute atomic E-state index is 11.5. The first kappa shape index (κ1) is 24.1. The number of hydrogen-bond donors (Lipinski definition) is 2. The third kappa shape index (κ3) is 7.56. The Labute approximate surface area is 175 Å². The minimum absolute atomic E-state index is 0.0750. The van der Waals surface area contributed by atoms with Gasteiger partial charge in [0.15, 0.2) is 0 Å². The van der Waals surface area contributed by atoms with Gasteiger partial charge in [0.2, 0.25) is 0 Å². The summed E-state index contributed by atoms with van der Waals surface area (Å²) in [6, 6.07) is 0. The van der Waals surface area contributed by atoms with E-state index in [1.807, 2.05) is 41.5 Å². The zero-order chi connectivity index (χ0) is 22.0. The smallest absolute Gasteiger partial charge is 0.303 e. The highest BCUT2D eigenvalue weighted by molar-refractivity contribution is 5.67. The zero-order valence-corrected chi connectivity index (χ0v) is 18.9. The maximum atomic E-state index is 11.5. The molecule has 0 aromatic carbocycles. The molecule has 29 heavy (non-hydrogen) atoms. The van der Waals surface area contributed by atoms with Crippen molar-refractivity contribution in [3.63, 3.8) is 0 Å². The second-order valence-electron chi connectivity index (χ2n) is 11.0. The maximum Gasteiger partial charge on any atom is 0.303 e. The van der Waals surface area contributed by atoms with Crippen molar-refractivity contribution in [1.82, 2.24) is 0 Å². The number of carboxylic acids is 2. The van der Waals surface area contributed by atoms with Gasteiger partial charge in [-0.3, -0.25) is 9.59 Å². The summed E-state index contributed by atoms with van der Waals surface area (Å²) in [5.41, 5.74) is -0.489. The Kier molecular flexibility index (Phi) is 7.77. The minimum Gasteiger partial charge on any atom is -0.481 e. The van der Waals surface area contributed by atoms with Gasteiger partial charge in [0.1, 0.15) is 0 Å². The highest BCUT2D eigenvalue weighted by Crippen LogP contribution is 2.54. The Hall–Kier alpha value is -1.14. The molecule has 6 atom stereocenters. The number of ether oxygens (including phenoxy) is 2. The molecule has 0 aromatic rings. The first-order valence-electron chi connectivity index (χ1n) is 11.0. The highest BCUT2D eigenvalue weighted by Gasteiger charge is 2.50. The summed E-state index contributed by atoms with van der Waals surface area (Å²) in [4.78, 5) is 22.9. The van der Waals surface area contributed by atoms with Crippen LogP contribution in [0.4, 0.5) is 0 Å². The standard InChI is InChI=1S/C23H40O6/c1-22(2,3)28-13-16-9-15(11-20(26)27)21(16)18-12-17(29-23(4,5)6)8-7-14(18)10-19(24)25/h14-18,21H,7-13H2,1-6H3,(H,24,25)(H,26,27). The molecule has 0 aromatic heterocycles. The van der Waals surface area contributed by atoms with Crippen LogP contribution in [0.5, 0.6) is 0 Å². The predicted octanol–water partition coefficient (Wildman–Crippen LogP) is 4.60. The van der Waals surface area contributed by atoms with Gasteiger partial charge >= 0.3 is 11.9 Å². The van der Waals surface area contributed by atoms with Crippen molar-refractivity contribution in [1.29, 1.82) is 0 Å². The Morgan fingerprint density at radius 2 is 1.41 bits per heavy atom. The fourth-order valence-electron chi connectivity index (χ4n) is 5.36. The molecule has 0 amide bonds. The first-order chi connectivity index (χ1) is 13.2. The van der Waals surface area contributed by atoms with Gasteiger partial charge < -0.3 is 19.7 Å². The summed E-state index contributed by atoms with van der Waals surface area (Å²) in [5.74, 6) is -0.742. The van der Waals surface area contributed by atoms with E-state index in [9.17, 15) is 19.8 Å². The van der Waals surface area contributed by atoms with Crippen molar-refractivity contribution in [3.8, 4) is 0 Å². The summed E-state index contributed by atoms with van der Waals surface area (Å²) in [6.07, 6.45) is 3.73. The SMILES string of the molecule is CC(C)(C)OCC1CC(CC(=O)O)C1C1CC(OC(C)(C)C)CCC1CC(=O)O. The van der Waals surface area contributed by atoms with Crippen LogP contribution in [0.3, 0.4) is 0 Å². The third-order valence-electron chi connectivity index (χ3n) is 6.31. The van der Waals surface area contributed by atoms with Crippen molar-refractivity contribution in [3.05, 3.63) is 0 Å². The molecule has 168 valence electrons. The largest absolute Gasteiger partial charge is 0.481 e. The van der Waals surface area contributed by atoms with Crippen molar-refractivity contribution in [2.75, 3.05) is 6.61 Å². The molecule has 0 heterocycles. The van der Waals surface area contributed by atoms with Crippen LogP contribution in [0, 0.1) is 29.6 Å². The number of aliphatic carboxylic acids is 2. The average Bonchev–Trinajstić information content (AvgIpc) is 2.49. The van der Waals surface area contributed by atoms with Crippen LogP contribution in [0.15, 0.2) is 0 Å². The summed E-state index contributed by atoms with van der Waals surface area (Å²) >= 11 is 0. The quantitative estimate of drug-likeness (QED) is 0.605. The molecule has 0 saturated heterocycles. The Morgan fingerprint density at radius 1 is 0.828 bits per heavy atom. The van der Waals surface area contributed by atoms with E-state index in [1.54, 1.807) is 0 Å². The number of carboxylic acid groups (broad SMARTS) is 2. The van der Waals surface area contributed by atoms with E-state index in [1.165, 1.54) is 0 Å². The molecule has 0 bridgehead atoms. The summed E-state index contributed by atoms with van der Waals surface area (Å²) in [6.45, 7) is 12.8. The number of rotatable bonds is 8. The van der Waals surface area contributed by atoms with Gasteiger partial charge in [-0.05, 0) is 96.8 Å². The molecule has 6 nitrogen and oxygen atoms in total. The Morgan fingerprint density at radius 3 is 1.93 bits per heavy atom. The van der Waals surface area contributed by atoms with Crippen molar-refractivity contribution in [2.24, 2.45) is 29.6 Å². The summed E-state index contributed by atoms with van der Waals surface area (Å²) < 4.78 is 12.3. The molecule has 0 aliphatic heterocycles. The van der Waals surface area contributed by atoms with Gasteiger partial charge in [0.25, 0.3) is 0 Å². The normalized spacial score (nSPS) is 33.2. The van der Waals surface area contributed by atoms with E-state index in [0.29, 0.717) is 6.61 Å². The molecule has 6 heteroatoms. The summed E-state index contributed by atoms with van der Waals surface area (Å²) in [7, 11) is 0. The second-order valence-corrected chi connectivity index (χ2v) is 11.0. The Balaban J connectivity index is 2.19. The molecule has 0 radical (unpaired) electrons. The molecule has 2 saturated carbocycles. The lowest BCUT2D eigenvalue weighted by Gasteiger charge is -2.53. The Bertz CT molecular complexity index is 573. The zero-order valence-electron chi connectivity index (χ0n) is 18.9. The van der Waals surface area contributed by atoms with Gasteiger partial charge in [-0.2, -0.15) is 0 Å². The third-order valence-corrected chi connectivity index (χ3v) is 6.31. The molecule has 2 rings (SSSR count). The van der Waals surface area contributed by atoms with Crippen LogP contribution in [-0.4, -0.2) is 46.1 Å². The lowest BCUT2D eigenvalue weighted by Crippen LogP contribution is -2.50. The van der Waals surface area contributed by atoms with Crippen LogP contribution in [0.1, 0.15) is 80.1 Å². The van der Waals surface area contributed by atoms with Gasteiger partial charge in [-0.25, -0.2) is 0 Å². The van der Waals surface area contributed by atoms with E-state index in [4.69, 9.17) is 9.47 Å². The van der Waals surface area contributed by atoms with E-state index in [0.717, 1.165) is 25.7 Å². The lowest BCUT2D eigenvalue weighted by atomic mass is 9.53. The molecule has 2 aliphatic rings. The molecular weight excluding hydrogens is 372 g/mol. The first-order valence-corrected chi connectivity index (χ1v) is 11.0. The molecule has 0 spiro atoms. The van der Waals surface area contributed by atoms with Crippen LogP contribution < -0.4 is 0 Å². The van der Waals surface area contributed by atoms with E-state index in [-0.39, 0.29) is 59.7 Å². The van der Waals surface area contributed by atoms with Crippen LogP contribution in [0.2, 0.25) is 0 Å². The van der Waals surface area contributed by atoms with Gasteiger partial charge in [-0.1, -0.05) is 0 Å². The van der Waals surface area contributed by atoms with Crippen LogP contribution in [-0.2, 0) is 19.1 Å². The summed E-state index contributed by atoms with van der Waals surface area (Å²) in [5, 5.41) is 18.8. The van der Waals surface area contributed by atoms with Gasteiger partial charge in [0.05, 0.1) is 23.9 Å². The molecule has 2 aliphatic carbocycles. The van der Waals surface area contributed by atoms with Crippen LogP contribution >= 0.6 is 0 Å². The van der Waals surface area contributed by atoms with Crippen LogP contribution in [0.25, 0.3) is 0 Å². The van der Waals surface area contributed by atoms with E-state index in [2.05, 4.69) is 0 Å². The monoisotopic (exact) mass is 412 g/mol. The van der Waals surface area contributed by atoms with Crippen molar-refractivity contribution < 1.29 is 29.3 Å². The molecule has 6 unspecified atom stereocenters. The number of hydrogen-bond acceptors (Lipinski definition) is 4. The predicted molar refractivity (Wildman–Crippen MR) is 111 cm³/mol. The number of carbonyl (C=O) groups is 2. The topological polar surface area (TPSA) is 93.1 Å². The van der Waals surface area contributed by atoms with Crippen molar-refractivity contribution in [2.45, 2.75) is 97.4 Å². The van der Waals surface area contributed by atoms with E-state index >= 15 is 0 Å². The lowest BCUT2D eigenvalue weighted by molar-refractivity contribution is -0.155. The minimum atomic E-state index is -0.775. The van der Waals surface area contributed by atoms with E-state index < -0.39 is 11.9 Å². The molecule has 2 N–H and O–H groups in total. The van der Waals surface area contributed by atoms with Gasteiger partial charge in [0, 0.05) is 12.8 Å². The fraction of sp³-hybridized carbons (Fsp3) is 0.913. The average molecular weight is 413 g/mol. The molecule has 2 fully saturated rings. The second kappa shape index (κ2) is 9.34. The molecular formula is C23H40O6. The van der Waals surface area contributed by atoms with Gasteiger partial charge in [-0.15, -0.1) is 0 Å². The highest BCUT2D eigenvalue weighted by atomic mass is 16.5. The fourth-order valence-corrected chi connectivity index (χ4v) is 5.36.